The highest BCUT2D eigenvalue weighted by Crippen LogP contribution is 2.28. The second kappa shape index (κ2) is 10.0. The quantitative estimate of drug-likeness (QED) is 0.262. The van der Waals surface area contributed by atoms with Gasteiger partial charge in [-0.3, -0.25) is 4.79 Å². The lowest BCUT2D eigenvalue weighted by Crippen LogP contribution is -2.18. The lowest BCUT2D eigenvalue weighted by Gasteiger charge is -2.12. The number of aryl methyl sites for hydroxylation is 1. The average molecular weight is 444 g/mol. The molecule has 0 bridgehead atoms. The van der Waals surface area contributed by atoms with Crippen LogP contribution in [0.4, 0.5) is 0 Å². The number of benzene rings is 3. The smallest absolute Gasteiger partial charge is 0.349 e. The molecular formula is C27H24O6. The molecule has 6 nitrogen and oxygen atoms in total. The minimum atomic E-state index is -0.584. The molecule has 4 aromatic rings. The molecule has 0 aliphatic carbocycles. The van der Waals surface area contributed by atoms with E-state index in [4.69, 9.17) is 18.6 Å². The van der Waals surface area contributed by atoms with Crippen LogP contribution in [0.1, 0.15) is 19.1 Å². The number of carbonyl (C=O) groups is 1. The van der Waals surface area contributed by atoms with Crippen LogP contribution in [0.5, 0.6) is 17.2 Å². The molecule has 0 N–H and O–H groups in total. The lowest BCUT2D eigenvalue weighted by molar-refractivity contribution is -0.136. The van der Waals surface area contributed by atoms with E-state index in [9.17, 15) is 9.59 Å². The largest absolute Gasteiger partial charge is 0.490 e. The van der Waals surface area contributed by atoms with Gasteiger partial charge in [-0.05, 0) is 43.2 Å². The minimum absolute atomic E-state index is 0.134. The van der Waals surface area contributed by atoms with Crippen molar-refractivity contribution >= 4 is 16.9 Å². The first kappa shape index (κ1) is 22.1. The van der Waals surface area contributed by atoms with Crippen molar-refractivity contribution in [2.75, 3.05) is 13.2 Å². The molecule has 6 heteroatoms. The van der Waals surface area contributed by atoms with E-state index in [1.54, 1.807) is 37.3 Å². The lowest BCUT2D eigenvalue weighted by atomic mass is 10.0. The monoisotopic (exact) mass is 444 g/mol. The summed E-state index contributed by atoms with van der Waals surface area (Å²) in [6.07, 6.45) is 0.862. The molecule has 4 rings (SSSR count). The van der Waals surface area contributed by atoms with E-state index in [1.807, 2.05) is 43.3 Å². The van der Waals surface area contributed by atoms with Crippen molar-refractivity contribution in [3.05, 3.63) is 88.8 Å². The molecule has 33 heavy (non-hydrogen) atoms. The Hall–Kier alpha value is -4.06. The molecule has 0 saturated heterocycles. The molecule has 168 valence electrons. The van der Waals surface area contributed by atoms with E-state index < -0.39 is 5.97 Å². The van der Waals surface area contributed by atoms with Gasteiger partial charge < -0.3 is 18.6 Å². The molecule has 0 aliphatic heterocycles. The van der Waals surface area contributed by atoms with Crippen LogP contribution in [0.2, 0.25) is 0 Å². The SMILES string of the molecule is CCCOc1ccccc1OCC(=O)Oc1ccc2c(=O)c(-c3ccccc3)c(C)oc2c1. The molecule has 0 fully saturated rings. The summed E-state index contributed by atoms with van der Waals surface area (Å²) >= 11 is 0. The first-order valence-electron chi connectivity index (χ1n) is 10.7. The standard InChI is InChI=1S/C27H24O6/c1-3-15-30-22-11-7-8-12-23(22)31-17-25(28)33-20-13-14-21-24(16-20)32-18(2)26(27(21)29)19-9-5-4-6-10-19/h4-14,16H,3,15,17H2,1-2H3. The second-order valence-corrected chi connectivity index (χ2v) is 7.44. The van der Waals surface area contributed by atoms with Gasteiger partial charge in [0.1, 0.15) is 17.1 Å². The summed E-state index contributed by atoms with van der Waals surface area (Å²) in [6, 6.07) is 21.2. The Labute approximate surface area is 191 Å². The third-order valence-corrected chi connectivity index (χ3v) is 4.99. The maximum atomic E-state index is 13.0. The summed E-state index contributed by atoms with van der Waals surface area (Å²) in [5.41, 5.74) is 1.53. The van der Waals surface area contributed by atoms with Crippen LogP contribution in [0.25, 0.3) is 22.1 Å². The first-order valence-corrected chi connectivity index (χ1v) is 10.7. The van der Waals surface area contributed by atoms with Gasteiger partial charge in [-0.1, -0.05) is 49.4 Å². The fourth-order valence-electron chi connectivity index (χ4n) is 3.49. The fourth-order valence-corrected chi connectivity index (χ4v) is 3.49. The average Bonchev–Trinajstić information content (AvgIpc) is 2.82. The Kier molecular flexibility index (Phi) is 6.74. The van der Waals surface area contributed by atoms with Crippen LogP contribution < -0.4 is 19.6 Å². The Morgan fingerprint density at radius 3 is 2.33 bits per heavy atom. The normalized spacial score (nSPS) is 10.7. The Bertz CT molecular complexity index is 1320. The number of hydrogen-bond donors (Lipinski definition) is 0. The predicted octanol–water partition coefficient (Wildman–Crippen LogP) is 5.54. The highest BCUT2D eigenvalue weighted by molar-refractivity contribution is 5.84. The van der Waals surface area contributed by atoms with Crippen LogP contribution in [-0.4, -0.2) is 19.2 Å². The predicted molar refractivity (Wildman–Crippen MR) is 126 cm³/mol. The summed E-state index contributed by atoms with van der Waals surface area (Å²) in [7, 11) is 0. The van der Waals surface area contributed by atoms with Crippen molar-refractivity contribution in [1.29, 1.82) is 0 Å². The summed E-state index contributed by atoms with van der Waals surface area (Å²) in [6.45, 7) is 4.02. The highest BCUT2D eigenvalue weighted by atomic mass is 16.6. The van der Waals surface area contributed by atoms with Gasteiger partial charge in [-0.25, -0.2) is 4.79 Å². The highest BCUT2D eigenvalue weighted by Gasteiger charge is 2.15. The molecule has 0 saturated carbocycles. The number of carbonyl (C=O) groups excluding carboxylic acids is 1. The maximum absolute atomic E-state index is 13.0. The topological polar surface area (TPSA) is 75.0 Å². The van der Waals surface area contributed by atoms with E-state index in [1.165, 1.54) is 6.07 Å². The second-order valence-electron chi connectivity index (χ2n) is 7.44. The van der Waals surface area contributed by atoms with E-state index in [0.29, 0.717) is 40.4 Å². The zero-order valence-electron chi connectivity index (χ0n) is 18.5. The van der Waals surface area contributed by atoms with E-state index >= 15 is 0 Å². The zero-order valence-corrected chi connectivity index (χ0v) is 18.5. The van der Waals surface area contributed by atoms with Gasteiger partial charge in [0, 0.05) is 6.07 Å². The molecule has 0 atom stereocenters. The Morgan fingerprint density at radius 1 is 0.909 bits per heavy atom. The molecule has 0 aliphatic rings. The molecule has 3 aromatic carbocycles. The van der Waals surface area contributed by atoms with Gasteiger partial charge in [0.25, 0.3) is 0 Å². The molecule has 0 unspecified atom stereocenters. The van der Waals surface area contributed by atoms with Crippen LogP contribution in [0, 0.1) is 6.92 Å². The maximum Gasteiger partial charge on any atom is 0.349 e. The van der Waals surface area contributed by atoms with Crippen LogP contribution in [0.15, 0.2) is 82.0 Å². The molecule has 0 radical (unpaired) electrons. The van der Waals surface area contributed by atoms with Crippen molar-refractivity contribution in [1.82, 2.24) is 0 Å². The summed E-state index contributed by atoms with van der Waals surface area (Å²) in [5, 5.41) is 0.414. The number of esters is 1. The number of hydrogen-bond acceptors (Lipinski definition) is 6. The van der Waals surface area contributed by atoms with Gasteiger partial charge in [0.05, 0.1) is 17.6 Å². The minimum Gasteiger partial charge on any atom is -0.490 e. The third-order valence-electron chi connectivity index (χ3n) is 4.99. The van der Waals surface area contributed by atoms with E-state index in [0.717, 1.165) is 12.0 Å². The van der Waals surface area contributed by atoms with Crippen molar-refractivity contribution in [3.63, 3.8) is 0 Å². The van der Waals surface area contributed by atoms with Gasteiger partial charge in [0.2, 0.25) is 5.43 Å². The number of rotatable bonds is 8. The van der Waals surface area contributed by atoms with Gasteiger partial charge in [0.15, 0.2) is 18.1 Å². The molecule has 1 heterocycles. The Morgan fingerprint density at radius 2 is 1.61 bits per heavy atom. The molecular weight excluding hydrogens is 420 g/mol. The van der Waals surface area contributed by atoms with Crippen LogP contribution >= 0.6 is 0 Å². The number of fused-ring (bicyclic) bond motifs is 1. The van der Waals surface area contributed by atoms with Crippen molar-refractivity contribution < 1.29 is 23.4 Å². The van der Waals surface area contributed by atoms with E-state index in [-0.39, 0.29) is 17.8 Å². The summed E-state index contributed by atoms with van der Waals surface area (Å²) < 4.78 is 22.5. The number of ether oxygens (including phenoxy) is 3. The van der Waals surface area contributed by atoms with Gasteiger partial charge in [-0.2, -0.15) is 0 Å². The Balaban J connectivity index is 1.50. The van der Waals surface area contributed by atoms with Gasteiger partial charge >= 0.3 is 5.97 Å². The fraction of sp³-hybridized carbons (Fsp3) is 0.185. The van der Waals surface area contributed by atoms with E-state index in [2.05, 4.69) is 0 Å². The van der Waals surface area contributed by atoms with Gasteiger partial charge in [-0.15, -0.1) is 0 Å². The molecule has 0 spiro atoms. The molecule has 0 amide bonds. The van der Waals surface area contributed by atoms with Crippen molar-refractivity contribution in [3.8, 4) is 28.4 Å². The first-order chi connectivity index (χ1) is 16.1. The van der Waals surface area contributed by atoms with Crippen LogP contribution in [-0.2, 0) is 4.79 Å². The summed E-state index contributed by atoms with van der Waals surface area (Å²) in [5.74, 6) is 1.22. The zero-order chi connectivity index (χ0) is 23.2. The summed E-state index contributed by atoms with van der Waals surface area (Å²) in [4.78, 5) is 25.4. The number of para-hydroxylation sites is 2. The van der Waals surface area contributed by atoms with Crippen LogP contribution in [0.3, 0.4) is 0 Å². The van der Waals surface area contributed by atoms with Crippen molar-refractivity contribution in [2.45, 2.75) is 20.3 Å². The third kappa shape index (κ3) is 5.06. The van der Waals surface area contributed by atoms with Crippen molar-refractivity contribution in [2.24, 2.45) is 0 Å². The molecule has 1 aromatic heterocycles.